The molecule has 0 radical (unpaired) electrons. The van der Waals surface area contributed by atoms with Crippen molar-refractivity contribution in [2.45, 2.75) is 12.8 Å². The summed E-state index contributed by atoms with van der Waals surface area (Å²) in [4.78, 5) is 38.5. The van der Waals surface area contributed by atoms with Crippen LogP contribution in [0.1, 0.15) is 12.8 Å². The van der Waals surface area contributed by atoms with Crippen molar-refractivity contribution in [2.24, 2.45) is 5.92 Å². The first kappa shape index (κ1) is 16.8. The van der Waals surface area contributed by atoms with Crippen molar-refractivity contribution in [2.75, 3.05) is 31.1 Å². The number of rotatable bonds is 4. The molecule has 1 aromatic rings. The van der Waals surface area contributed by atoms with Gasteiger partial charge in [-0.25, -0.2) is 0 Å². The third-order valence-corrected chi connectivity index (χ3v) is 4.80. The Kier molecular flexibility index (Phi) is 4.75. The Morgan fingerprint density at radius 3 is 2.88 bits per heavy atom. The van der Waals surface area contributed by atoms with E-state index in [1.807, 2.05) is 6.07 Å². The Morgan fingerprint density at radius 1 is 1.38 bits per heavy atom. The molecule has 1 unspecified atom stereocenters. The summed E-state index contributed by atoms with van der Waals surface area (Å²) in [7, 11) is 0. The molecule has 0 aliphatic carbocycles. The van der Waals surface area contributed by atoms with Crippen molar-refractivity contribution >= 4 is 39.4 Å². The Bertz CT molecular complexity index is 693. The van der Waals surface area contributed by atoms with Crippen molar-refractivity contribution in [3.05, 3.63) is 22.7 Å². The second kappa shape index (κ2) is 6.80. The van der Waals surface area contributed by atoms with Crippen LogP contribution < -0.4 is 9.64 Å². The molecular weight excluding hydrogens is 380 g/mol. The van der Waals surface area contributed by atoms with E-state index in [0.29, 0.717) is 24.4 Å². The number of carboxylic acids is 1. The van der Waals surface area contributed by atoms with Gasteiger partial charge in [0.25, 0.3) is 5.91 Å². The summed E-state index contributed by atoms with van der Waals surface area (Å²) in [5.41, 5.74) is 0.645. The van der Waals surface area contributed by atoms with Crippen molar-refractivity contribution in [1.29, 1.82) is 0 Å². The van der Waals surface area contributed by atoms with Gasteiger partial charge in [-0.3, -0.25) is 14.4 Å². The van der Waals surface area contributed by atoms with Crippen LogP contribution in [-0.2, 0) is 14.4 Å². The molecule has 1 aromatic carbocycles. The number of carbonyl (C=O) groups is 3. The maximum atomic E-state index is 12.3. The van der Waals surface area contributed by atoms with Crippen LogP contribution in [-0.4, -0.2) is 54.0 Å². The standard InChI is InChI=1S/C16H17BrN2O5/c17-11-1-2-12-13(7-11)24-9-15(21)19(12)6-4-14(20)18-5-3-10(8-18)16(22)23/h1-2,7,10H,3-6,8-9H2,(H,22,23). The molecule has 1 N–H and O–H groups in total. The lowest BCUT2D eigenvalue weighted by atomic mass is 10.1. The maximum Gasteiger partial charge on any atom is 0.308 e. The Balaban J connectivity index is 1.63. The predicted octanol–water partition coefficient (Wildman–Crippen LogP) is 1.50. The quantitative estimate of drug-likeness (QED) is 0.832. The summed E-state index contributed by atoms with van der Waals surface area (Å²) in [6.07, 6.45) is 0.641. The van der Waals surface area contributed by atoms with Gasteiger partial charge in [0.1, 0.15) is 5.75 Å². The third-order valence-electron chi connectivity index (χ3n) is 4.30. The monoisotopic (exact) mass is 396 g/mol. The van der Waals surface area contributed by atoms with E-state index >= 15 is 0 Å². The number of ether oxygens (including phenoxy) is 1. The van der Waals surface area contributed by atoms with E-state index in [4.69, 9.17) is 9.84 Å². The molecule has 0 aromatic heterocycles. The molecule has 1 saturated heterocycles. The maximum absolute atomic E-state index is 12.3. The van der Waals surface area contributed by atoms with Gasteiger partial charge in [0.15, 0.2) is 6.61 Å². The minimum atomic E-state index is -0.867. The van der Waals surface area contributed by atoms with Crippen LogP contribution >= 0.6 is 15.9 Å². The summed E-state index contributed by atoms with van der Waals surface area (Å²) < 4.78 is 6.26. The molecular formula is C16H17BrN2O5. The Morgan fingerprint density at radius 2 is 2.17 bits per heavy atom. The fourth-order valence-corrected chi connectivity index (χ4v) is 3.32. The van der Waals surface area contributed by atoms with Gasteiger partial charge in [0.2, 0.25) is 5.91 Å². The van der Waals surface area contributed by atoms with Crippen LogP contribution in [0.5, 0.6) is 5.75 Å². The summed E-state index contributed by atoms with van der Waals surface area (Å²) in [6, 6.07) is 5.37. The zero-order valence-electron chi connectivity index (χ0n) is 12.9. The van der Waals surface area contributed by atoms with Gasteiger partial charge in [0, 0.05) is 30.5 Å². The van der Waals surface area contributed by atoms with Crippen molar-refractivity contribution in [1.82, 2.24) is 4.90 Å². The summed E-state index contributed by atoms with van der Waals surface area (Å²) in [5.74, 6) is -1.08. The Hall–Kier alpha value is -2.09. The number of fused-ring (bicyclic) bond motifs is 1. The van der Waals surface area contributed by atoms with Gasteiger partial charge < -0.3 is 19.6 Å². The smallest absolute Gasteiger partial charge is 0.308 e. The van der Waals surface area contributed by atoms with E-state index < -0.39 is 11.9 Å². The zero-order chi connectivity index (χ0) is 17.3. The van der Waals surface area contributed by atoms with Crippen LogP contribution in [0, 0.1) is 5.92 Å². The molecule has 24 heavy (non-hydrogen) atoms. The van der Waals surface area contributed by atoms with Crippen molar-refractivity contribution in [3.8, 4) is 5.75 Å². The SMILES string of the molecule is O=C(O)C1CCN(C(=O)CCN2C(=O)COc3cc(Br)ccc32)C1. The first-order valence-electron chi connectivity index (χ1n) is 7.69. The minimum Gasteiger partial charge on any atom is -0.482 e. The number of benzene rings is 1. The molecule has 2 amide bonds. The van der Waals surface area contributed by atoms with E-state index in [1.165, 1.54) is 0 Å². The fourth-order valence-electron chi connectivity index (χ4n) is 2.98. The molecule has 128 valence electrons. The Labute approximate surface area is 147 Å². The predicted molar refractivity (Wildman–Crippen MR) is 88.9 cm³/mol. The van der Waals surface area contributed by atoms with E-state index in [0.717, 1.165) is 4.47 Å². The molecule has 1 atom stereocenters. The zero-order valence-corrected chi connectivity index (χ0v) is 14.5. The van der Waals surface area contributed by atoms with E-state index in [-0.39, 0.29) is 37.9 Å². The molecule has 2 aliphatic rings. The molecule has 3 rings (SSSR count). The van der Waals surface area contributed by atoms with Crippen LogP contribution in [0.2, 0.25) is 0 Å². The summed E-state index contributed by atoms with van der Waals surface area (Å²) in [6.45, 7) is 0.900. The molecule has 7 nitrogen and oxygen atoms in total. The van der Waals surface area contributed by atoms with Gasteiger partial charge in [-0.15, -0.1) is 0 Å². The number of aliphatic carboxylic acids is 1. The van der Waals surface area contributed by atoms with Gasteiger partial charge >= 0.3 is 5.97 Å². The molecule has 0 bridgehead atoms. The molecule has 0 spiro atoms. The lowest BCUT2D eigenvalue weighted by molar-refractivity contribution is -0.141. The first-order chi connectivity index (χ1) is 11.5. The summed E-state index contributed by atoms with van der Waals surface area (Å²) in [5, 5.41) is 9.00. The van der Waals surface area contributed by atoms with Crippen molar-refractivity contribution in [3.63, 3.8) is 0 Å². The van der Waals surface area contributed by atoms with E-state index in [1.54, 1.807) is 21.9 Å². The van der Waals surface area contributed by atoms with Gasteiger partial charge in [0.05, 0.1) is 11.6 Å². The second-order valence-corrected chi connectivity index (χ2v) is 6.78. The number of carbonyl (C=O) groups excluding carboxylic acids is 2. The minimum absolute atomic E-state index is 0.0531. The first-order valence-corrected chi connectivity index (χ1v) is 8.48. The normalized spacial score (nSPS) is 19.9. The molecule has 8 heteroatoms. The topological polar surface area (TPSA) is 87.2 Å². The highest BCUT2D eigenvalue weighted by molar-refractivity contribution is 9.10. The highest BCUT2D eigenvalue weighted by Gasteiger charge is 2.32. The van der Waals surface area contributed by atoms with E-state index in [9.17, 15) is 14.4 Å². The molecule has 1 fully saturated rings. The van der Waals surface area contributed by atoms with Crippen molar-refractivity contribution < 1.29 is 24.2 Å². The second-order valence-electron chi connectivity index (χ2n) is 5.86. The fraction of sp³-hybridized carbons (Fsp3) is 0.438. The highest BCUT2D eigenvalue weighted by Crippen LogP contribution is 2.34. The lowest BCUT2D eigenvalue weighted by Crippen LogP contribution is -2.41. The number of halogens is 1. The van der Waals surface area contributed by atoms with Crippen LogP contribution in [0.15, 0.2) is 22.7 Å². The lowest BCUT2D eigenvalue weighted by Gasteiger charge is -2.29. The average Bonchev–Trinajstić information content (AvgIpc) is 3.04. The van der Waals surface area contributed by atoms with Gasteiger partial charge in [-0.1, -0.05) is 15.9 Å². The largest absolute Gasteiger partial charge is 0.482 e. The number of hydrogen-bond donors (Lipinski definition) is 1. The number of anilines is 1. The highest BCUT2D eigenvalue weighted by atomic mass is 79.9. The van der Waals surface area contributed by atoms with Gasteiger partial charge in [-0.2, -0.15) is 0 Å². The van der Waals surface area contributed by atoms with Crippen LogP contribution in [0.4, 0.5) is 5.69 Å². The number of nitrogens with zero attached hydrogens (tertiary/aromatic N) is 2. The van der Waals surface area contributed by atoms with E-state index in [2.05, 4.69) is 15.9 Å². The summed E-state index contributed by atoms with van der Waals surface area (Å²) >= 11 is 3.36. The molecule has 2 aliphatic heterocycles. The number of likely N-dealkylation sites (tertiary alicyclic amines) is 1. The number of hydrogen-bond acceptors (Lipinski definition) is 4. The van der Waals surface area contributed by atoms with Gasteiger partial charge in [-0.05, 0) is 24.6 Å². The third kappa shape index (κ3) is 3.38. The number of amides is 2. The number of carboxylic acid groups (broad SMARTS) is 1. The average molecular weight is 397 g/mol. The van der Waals surface area contributed by atoms with Crippen LogP contribution in [0.3, 0.4) is 0 Å². The molecule has 0 saturated carbocycles. The van der Waals surface area contributed by atoms with Crippen LogP contribution in [0.25, 0.3) is 0 Å². The molecule has 2 heterocycles.